The number of hydrogen-bond acceptors (Lipinski definition) is 2. The minimum Gasteiger partial charge on any atom is -0.347 e. The van der Waals surface area contributed by atoms with Gasteiger partial charge < -0.3 is 10.6 Å². The van der Waals surface area contributed by atoms with Crippen LogP contribution in [0, 0.1) is 6.92 Å². The van der Waals surface area contributed by atoms with Crippen molar-refractivity contribution < 1.29 is 9.59 Å². The van der Waals surface area contributed by atoms with Gasteiger partial charge in [0.2, 0.25) is 11.8 Å². The summed E-state index contributed by atoms with van der Waals surface area (Å²) in [6.45, 7) is 1.66. The topological polar surface area (TPSA) is 58.2 Å². The van der Waals surface area contributed by atoms with Crippen LogP contribution in [0.1, 0.15) is 11.1 Å². The maximum absolute atomic E-state index is 11.9. The Bertz CT molecular complexity index is 778. The average molecular weight is 386 g/mol. The molecule has 0 heterocycles. The van der Waals surface area contributed by atoms with Crippen molar-refractivity contribution in [1.82, 2.24) is 5.32 Å². The Morgan fingerprint density at radius 1 is 1.00 bits per heavy atom. The Kier molecular flexibility index (Phi) is 6.49. The van der Waals surface area contributed by atoms with Gasteiger partial charge >= 0.3 is 0 Å². The zero-order chi connectivity index (χ0) is 17.7. The molecule has 2 aromatic carbocycles. The van der Waals surface area contributed by atoms with E-state index in [1.54, 1.807) is 43.3 Å². The summed E-state index contributed by atoms with van der Waals surface area (Å²) in [5.74, 6) is -0.645. The van der Waals surface area contributed by atoms with Crippen molar-refractivity contribution in [3.63, 3.8) is 0 Å². The van der Waals surface area contributed by atoms with E-state index in [0.29, 0.717) is 26.3 Å². The summed E-state index contributed by atoms with van der Waals surface area (Å²) in [5, 5.41) is 6.74. The summed E-state index contributed by atoms with van der Waals surface area (Å²) in [4.78, 5) is 23.9. The van der Waals surface area contributed by atoms with Crippen molar-refractivity contribution in [2.75, 3.05) is 11.9 Å². The van der Waals surface area contributed by atoms with E-state index in [0.717, 1.165) is 5.56 Å². The van der Waals surface area contributed by atoms with Gasteiger partial charge in [0.25, 0.3) is 0 Å². The van der Waals surface area contributed by atoms with E-state index in [9.17, 15) is 9.59 Å². The minimum absolute atomic E-state index is 0.0689. The summed E-state index contributed by atoms with van der Waals surface area (Å²) < 4.78 is 0. The van der Waals surface area contributed by atoms with E-state index >= 15 is 0 Å². The number of carbonyl (C=O) groups is 2. The molecule has 2 amide bonds. The lowest BCUT2D eigenvalue weighted by Gasteiger charge is -2.10. The first-order valence-corrected chi connectivity index (χ1v) is 8.26. The van der Waals surface area contributed by atoms with Crippen LogP contribution in [-0.4, -0.2) is 18.4 Å². The number of halogens is 3. The van der Waals surface area contributed by atoms with E-state index in [1.807, 2.05) is 0 Å². The number of anilines is 1. The number of benzene rings is 2. The fourth-order valence-electron chi connectivity index (χ4n) is 2.02. The second-order valence-corrected chi connectivity index (χ2v) is 6.40. The van der Waals surface area contributed by atoms with Crippen molar-refractivity contribution in [2.45, 2.75) is 13.3 Å². The van der Waals surface area contributed by atoms with Crippen LogP contribution in [0.15, 0.2) is 36.4 Å². The van der Waals surface area contributed by atoms with Crippen LogP contribution < -0.4 is 10.6 Å². The van der Waals surface area contributed by atoms with Gasteiger partial charge in [0, 0.05) is 20.8 Å². The zero-order valence-corrected chi connectivity index (χ0v) is 15.1. The van der Waals surface area contributed by atoms with Crippen LogP contribution in [0.25, 0.3) is 0 Å². The predicted molar refractivity (Wildman–Crippen MR) is 98.0 cm³/mol. The highest BCUT2D eigenvalue weighted by Crippen LogP contribution is 2.23. The normalized spacial score (nSPS) is 10.3. The molecule has 0 radical (unpaired) electrons. The number of amides is 2. The molecule has 0 aliphatic carbocycles. The molecule has 2 aromatic rings. The molecule has 0 aromatic heterocycles. The summed E-state index contributed by atoms with van der Waals surface area (Å²) in [7, 11) is 0. The minimum atomic E-state index is -0.337. The molecular weight excluding hydrogens is 371 g/mol. The van der Waals surface area contributed by atoms with Crippen LogP contribution >= 0.6 is 34.8 Å². The molecular formula is C17H15Cl3N2O2. The first-order valence-electron chi connectivity index (χ1n) is 7.12. The van der Waals surface area contributed by atoms with Gasteiger partial charge in [-0.3, -0.25) is 9.59 Å². The molecule has 0 aliphatic rings. The van der Waals surface area contributed by atoms with Crippen molar-refractivity contribution >= 4 is 52.3 Å². The highest BCUT2D eigenvalue weighted by Gasteiger charge is 2.11. The van der Waals surface area contributed by atoms with Gasteiger partial charge in [-0.1, -0.05) is 46.9 Å². The van der Waals surface area contributed by atoms with Crippen molar-refractivity contribution in [2.24, 2.45) is 0 Å². The molecule has 2 N–H and O–H groups in total. The lowest BCUT2D eigenvalue weighted by molar-refractivity contribution is -0.123. The van der Waals surface area contributed by atoms with Crippen LogP contribution in [-0.2, 0) is 16.0 Å². The third-order valence-corrected chi connectivity index (χ3v) is 4.35. The maximum Gasteiger partial charge on any atom is 0.243 e. The molecule has 126 valence electrons. The average Bonchev–Trinajstić information content (AvgIpc) is 2.53. The molecule has 0 bridgehead atoms. The molecule has 24 heavy (non-hydrogen) atoms. The van der Waals surface area contributed by atoms with Gasteiger partial charge in [-0.25, -0.2) is 0 Å². The molecule has 0 unspecified atom stereocenters. The first-order chi connectivity index (χ1) is 11.4. The number of carbonyl (C=O) groups excluding carboxylic acids is 2. The van der Waals surface area contributed by atoms with E-state index in [2.05, 4.69) is 10.6 Å². The Morgan fingerprint density at radius 3 is 2.46 bits per heavy atom. The standard InChI is InChI=1S/C17H15Cl3N2O2/c1-10-13(19)3-2-4-15(10)22-17(24)9-21-16(23)7-11-5-6-12(18)8-14(11)20/h2-6,8H,7,9H2,1H3,(H,21,23)(H,22,24). The Hall–Kier alpha value is -1.75. The van der Waals surface area contributed by atoms with Crippen LogP contribution in [0.2, 0.25) is 15.1 Å². The van der Waals surface area contributed by atoms with Crippen molar-refractivity contribution in [3.05, 3.63) is 62.6 Å². The monoisotopic (exact) mass is 384 g/mol. The highest BCUT2D eigenvalue weighted by molar-refractivity contribution is 6.35. The fourth-order valence-corrected chi connectivity index (χ4v) is 2.67. The predicted octanol–water partition coefficient (Wildman–Crippen LogP) is 4.25. The van der Waals surface area contributed by atoms with Gasteiger partial charge in [-0.15, -0.1) is 0 Å². The lowest BCUT2D eigenvalue weighted by atomic mass is 10.1. The van der Waals surface area contributed by atoms with Crippen molar-refractivity contribution in [3.8, 4) is 0 Å². The smallest absolute Gasteiger partial charge is 0.243 e. The fraction of sp³-hybridized carbons (Fsp3) is 0.176. The van der Waals surface area contributed by atoms with Crippen LogP contribution in [0.5, 0.6) is 0 Å². The first kappa shape index (κ1) is 18.6. The van der Waals surface area contributed by atoms with Gasteiger partial charge in [-0.05, 0) is 42.3 Å². The summed E-state index contributed by atoms with van der Waals surface area (Å²) in [6.07, 6.45) is 0.0689. The summed E-state index contributed by atoms with van der Waals surface area (Å²) >= 11 is 17.8. The Morgan fingerprint density at radius 2 is 1.75 bits per heavy atom. The zero-order valence-electron chi connectivity index (χ0n) is 12.8. The summed E-state index contributed by atoms with van der Waals surface area (Å²) in [6, 6.07) is 10.1. The van der Waals surface area contributed by atoms with Crippen LogP contribution in [0.4, 0.5) is 5.69 Å². The largest absolute Gasteiger partial charge is 0.347 e. The van der Waals surface area contributed by atoms with Gasteiger partial charge in [0.05, 0.1) is 13.0 Å². The molecule has 0 saturated carbocycles. The number of hydrogen-bond donors (Lipinski definition) is 2. The van der Waals surface area contributed by atoms with Gasteiger partial charge in [0.1, 0.15) is 0 Å². The third kappa shape index (κ3) is 5.13. The molecule has 0 spiro atoms. The second-order valence-electron chi connectivity index (χ2n) is 5.15. The van der Waals surface area contributed by atoms with E-state index in [4.69, 9.17) is 34.8 Å². The number of nitrogens with one attached hydrogen (secondary N) is 2. The molecule has 0 aliphatic heterocycles. The maximum atomic E-state index is 11.9. The third-order valence-electron chi connectivity index (χ3n) is 3.35. The van der Waals surface area contributed by atoms with E-state index < -0.39 is 0 Å². The molecule has 7 heteroatoms. The SMILES string of the molecule is Cc1c(Cl)cccc1NC(=O)CNC(=O)Cc1ccc(Cl)cc1Cl. The Labute approximate surface area is 155 Å². The highest BCUT2D eigenvalue weighted by atomic mass is 35.5. The molecule has 0 fully saturated rings. The van der Waals surface area contributed by atoms with Gasteiger partial charge in [0.15, 0.2) is 0 Å². The Balaban J connectivity index is 1.87. The van der Waals surface area contributed by atoms with E-state index in [-0.39, 0.29) is 24.8 Å². The molecule has 2 rings (SSSR count). The second kappa shape index (κ2) is 8.38. The number of rotatable bonds is 5. The molecule has 0 atom stereocenters. The van der Waals surface area contributed by atoms with Gasteiger partial charge in [-0.2, -0.15) is 0 Å². The van der Waals surface area contributed by atoms with Crippen molar-refractivity contribution in [1.29, 1.82) is 0 Å². The molecule has 0 saturated heterocycles. The quantitative estimate of drug-likeness (QED) is 0.808. The van der Waals surface area contributed by atoms with Crippen LogP contribution in [0.3, 0.4) is 0 Å². The molecule has 4 nitrogen and oxygen atoms in total. The van der Waals surface area contributed by atoms with E-state index in [1.165, 1.54) is 0 Å². The lowest BCUT2D eigenvalue weighted by Crippen LogP contribution is -2.34. The summed E-state index contributed by atoms with van der Waals surface area (Å²) in [5.41, 5.74) is 2.03.